The van der Waals surface area contributed by atoms with E-state index >= 15 is 0 Å². The Kier molecular flexibility index (Phi) is 6.44. The molecule has 0 spiro atoms. The third-order valence-electron chi connectivity index (χ3n) is 9.89. The average molecular weight is 566 g/mol. The van der Waals surface area contributed by atoms with Crippen LogP contribution in [0.15, 0.2) is 66.7 Å². The van der Waals surface area contributed by atoms with Crippen molar-refractivity contribution in [3.8, 4) is 28.4 Å². The number of hydrogen-bond donors (Lipinski definition) is 1. The molecule has 4 aromatic rings. The Balaban J connectivity index is 1.38. The summed E-state index contributed by atoms with van der Waals surface area (Å²) < 4.78 is 18.7. The van der Waals surface area contributed by atoms with Gasteiger partial charge >= 0.3 is 5.97 Å². The van der Waals surface area contributed by atoms with Crippen molar-refractivity contribution in [2.45, 2.75) is 37.6 Å². The Hall–Kier alpha value is -4.33. The van der Waals surface area contributed by atoms with Crippen LogP contribution in [-0.4, -0.2) is 48.5 Å². The second-order valence-electron chi connectivity index (χ2n) is 12.0. The number of nitrogens with one attached hydrogen (secondary N) is 1. The third-order valence-corrected chi connectivity index (χ3v) is 9.89. The summed E-state index contributed by atoms with van der Waals surface area (Å²) in [6.45, 7) is 0. The Morgan fingerprint density at radius 1 is 0.833 bits per heavy atom. The van der Waals surface area contributed by atoms with Gasteiger partial charge in [-0.25, -0.2) is 9.48 Å². The Labute approximate surface area is 245 Å². The quantitative estimate of drug-likeness (QED) is 0.285. The highest BCUT2D eigenvalue weighted by molar-refractivity contribution is 5.99. The number of esters is 1. The fraction of sp³-hybridized carbons (Fsp3) is 0.382. The molecule has 42 heavy (non-hydrogen) atoms. The first-order valence-electron chi connectivity index (χ1n) is 14.7. The number of carbonyl (C=O) groups excluding carboxylic acids is 2. The van der Waals surface area contributed by atoms with E-state index in [4.69, 9.17) is 19.3 Å². The minimum atomic E-state index is -1.04. The second-order valence-corrected chi connectivity index (χ2v) is 12.0. The molecule has 0 saturated heterocycles. The zero-order valence-electron chi connectivity index (χ0n) is 24.1. The van der Waals surface area contributed by atoms with E-state index in [-0.39, 0.29) is 29.4 Å². The van der Waals surface area contributed by atoms with Gasteiger partial charge in [0.1, 0.15) is 17.0 Å². The molecule has 0 unspecified atom stereocenters. The van der Waals surface area contributed by atoms with E-state index < -0.39 is 5.54 Å². The molecule has 3 aromatic carbocycles. The normalized spacial score (nSPS) is 25.8. The van der Waals surface area contributed by atoms with Crippen LogP contribution < -0.4 is 14.8 Å². The van der Waals surface area contributed by atoms with Crippen LogP contribution in [0.5, 0.6) is 11.5 Å². The summed E-state index contributed by atoms with van der Waals surface area (Å²) in [5.74, 6) is 1.84. The lowest BCUT2D eigenvalue weighted by Gasteiger charge is -2.59. The van der Waals surface area contributed by atoms with Gasteiger partial charge in [0, 0.05) is 5.39 Å². The van der Waals surface area contributed by atoms with Gasteiger partial charge in [0.15, 0.2) is 5.69 Å². The van der Waals surface area contributed by atoms with Crippen molar-refractivity contribution in [2.24, 2.45) is 23.7 Å². The van der Waals surface area contributed by atoms with Gasteiger partial charge in [-0.15, -0.1) is 0 Å². The number of fused-ring (bicyclic) bond motifs is 1. The van der Waals surface area contributed by atoms with Crippen molar-refractivity contribution in [1.29, 1.82) is 0 Å². The number of methoxy groups -OCH3 is 3. The molecule has 0 aliphatic heterocycles. The molecule has 1 heterocycles. The van der Waals surface area contributed by atoms with Gasteiger partial charge in [-0.3, -0.25) is 4.79 Å². The molecule has 4 aliphatic rings. The summed E-state index contributed by atoms with van der Waals surface area (Å²) in [6, 6.07) is 21.4. The summed E-state index contributed by atoms with van der Waals surface area (Å²) in [4.78, 5) is 27.7. The van der Waals surface area contributed by atoms with Crippen LogP contribution >= 0.6 is 0 Å². The van der Waals surface area contributed by atoms with E-state index in [1.54, 1.807) is 25.0 Å². The van der Waals surface area contributed by atoms with Crippen LogP contribution in [0.4, 0.5) is 0 Å². The zero-order chi connectivity index (χ0) is 29.0. The minimum Gasteiger partial charge on any atom is -0.496 e. The van der Waals surface area contributed by atoms with Crippen LogP contribution in [0.3, 0.4) is 0 Å². The molecule has 0 atom stereocenters. The number of benzene rings is 3. The number of ether oxygens (including phenoxy) is 3. The lowest BCUT2D eigenvalue weighted by Crippen LogP contribution is -2.70. The molecular formula is C34H35N3O5. The van der Waals surface area contributed by atoms with Crippen molar-refractivity contribution in [3.05, 3.63) is 72.4 Å². The molecule has 216 valence electrons. The standard InChI is InChI=1S/C34H35N3O5/c1-40-29-12-7-13-30(41-2)31(29)28-19-26(36-37(28)27-11-6-9-22-8-4-5-10-25(22)27)32(38)35-34(33(39)42-3)23-15-20-14-21(17-23)18-24(34)16-20/h4-13,19-21,23-24H,14-18H2,1-3H3,(H,35,38). The molecular weight excluding hydrogens is 530 g/mol. The smallest absolute Gasteiger partial charge is 0.332 e. The molecule has 4 bridgehead atoms. The first-order chi connectivity index (χ1) is 20.5. The zero-order valence-corrected chi connectivity index (χ0v) is 24.1. The Morgan fingerprint density at radius 2 is 1.45 bits per heavy atom. The first kappa shape index (κ1) is 26.6. The van der Waals surface area contributed by atoms with Crippen molar-refractivity contribution < 1.29 is 23.8 Å². The van der Waals surface area contributed by atoms with Gasteiger partial charge in [0.2, 0.25) is 0 Å². The monoisotopic (exact) mass is 565 g/mol. The minimum absolute atomic E-state index is 0.0686. The predicted octanol–water partition coefficient (Wildman–Crippen LogP) is 5.81. The number of nitrogens with zero attached hydrogens (tertiary/aromatic N) is 2. The van der Waals surface area contributed by atoms with Crippen molar-refractivity contribution >= 4 is 22.6 Å². The summed E-state index contributed by atoms with van der Waals surface area (Å²) in [5.41, 5.74) is 1.31. The van der Waals surface area contributed by atoms with E-state index in [1.807, 2.05) is 60.7 Å². The number of rotatable bonds is 7. The summed E-state index contributed by atoms with van der Waals surface area (Å²) in [7, 11) is 4.64. The predicted molar refractivity (Wildman–Crippen MR) is 159 cm³/mol. The van der Waals surface area contributed by atoms with Gasteiger partial charge in [-0.2, -0.15) is 5.10 Å². The number of hydrogen-bond acceptors (Lipinski definition) is 6. The molecule has 1 N–H and O–H groups in total. The highest BCUT2D eigenvalue weighted by atomic mass is 16.5. The van der Waals surface area contributed by atoms with E-state index in [0.29, 0.717) is 34.6 Å². The van der Waals surface area contributed by atoms with Gasteiger partial charge in [-0.1, -0.05) is 42.5 Å². The number of carbonyl (C=O) groups is 2. The lowest BCUT2D eigenvalue weighted by atomic mass is 9.48. The summed E-state index contributed by atoms with van der Waals surface area (Å²) in [5, 5.41) is 10.2. The average Bonchev–Trinajstić information content (AvgIpc) is 3.46. The maximum Gasteiger partial charge on any atom is 0.332 e. The van der Waals surface area contributed by atoms with Crippen LogP contribution in [-0.2, 0) is 9.53 Å². The molecule has 4 saturated carbocycles. The topological polar surface area (TPSA) is 91.7 Å². The Bertz CT molecular complexity index is 1640. The molecule has 1 amide bonds. The SMILES string of the molecule is COC(=O)C1(NC(=O)c2cc(-c3c(OC)cccc3OC)n(-c3cccc4ccccc34)n2)C2CC3CC(C2)CC1C3. The van der Waals surface area contributed by atoms with E-state index in [2.05, 4.69) is 5.32 Å². The lowest BCUT2D eigenvalue weighted by molar-refractivity contribution is -0.167. The maximum absolute atomic E-state index is 14.2. The molecule has 4 fully saturated rings. The fourth-order valence-corrected chi connectivity index (χ4v) is 8.29. The van der Waals surface area contributed by atoms with Gasteiger partial charge < -0.3 is 19.5 Å². The highest BCUT2D eigenvalue weighted by Gasteiger charge is 2.62. The fourth-order valence-electron chi connectivity index (χ4n) is 8.29. The van der Waals surface area contributed by atoms with Gasteiger partial charge in [0.05, 0.1) is 38.3 Å². The molecule has 8 nitrogen and oxygen atoms in total. The van der Waals surface area contributed by atoms with Crippen LogP contribution in [0.2, 0.25) is 0 Å². The van der Waals surface area contributed by atoms with Gasteiger partial charge in [-0.05, 0) is 85.4 Å². The maximum atomic E-state index is 14.2. The van der Waals surface area contributed by atoms with Gasteiger partial charge in [0.25, 0.3) is 5.91 Å². The third kappa shape index (κ3) is 3.99. The summed E-state index contributed by atoms with van der Waals surface area (Å²) >= 11 is 0. The van der Waals surface area contributed by atoms with E-state index in [9.17, 15) is 9.59 Å². The molecule has 8 rings (SSSR count). The molecule has 0 radical (unpaired) electrons. The van der Waals surface area contributed by atoms with Crippen LogP contribution in [0.25, 0.3) is 27.7 Å². The van der Waals surface area contributed by atoms with E-state index in [0.717, 1.165) is 42.1 Å². The van der Waals surface area contributed by atoms with E-state index in [1.165, 1.54) is 13.5 Å². The molecule has 8 heteroatoms. The number of aromatic nitrogens is 2. The van der Waals surface area contributed by atoms with Crippen LogP contribution in [0.1, 0.15) is 42.6 Å². The van der Waals surface area contributed by atoms with Crippen LogP contribution in [0, 0.1) is 23.7 Å². The van der Waals surface area contributed by atoms with Crippen molar-refractivity contribution in [3.63, 3.8) is 0 Å². The molecule has 1 aromatic heterocycles. The summed E-state index contributed by atoms with van der Waals surface area (Å²) in [6.07, 6.45) is 5.00. The first-order valence-corrected chi connectivity index (χ1v) is 14.7. The van der Waals surface area contributed by atoms with Crippen molar-refractivity contribution in [1.82, 2.24) is 15.1 Å². The largest absolute Gasteiger partial charge is 0.496 e. The Morgan fingerprint density at radius 3 is 2.10 bits per heavy atom. The second kappa shape index (κ2) is 10.2. The number of amides is 1. The van der Waals surface area contributed by atoms with Crippen molar-refractivity contribution in [2.75, 3.05) is 21.3 Å². The molecule has 4 aliphatic carbocycles. The highest BCUT2D eigenvalue weighted by Crippen LogP contribution is 2.58.